The molecule has 2 saturated heterocycles. The molecule has 0 aromatic heterocycles. The predicted octanol–water partition coefficient (Wildman–Crippen LogP) is 2.43. The molecule has 3 fully saturated rings. The quantitative estimate of drug-likeness (QED) is 0.652. The van der Waals surface area contributed by atoms with Crippen molar-refractivity contribution >= 4 is 11.8 Å². The Morgan fingerprint density at radius 2 is 1.81 bits per heavy atom. The number of amides is 2. The van der Waals surface area contributed by atoms with Gasteiger partial charge in [-0.3, -0.25) is 9.59 Å². The van der Waals surface area contributed by atoms with E-state index in [1.54, 1.807) is 7.05 Å². The van der Waals surface area contributed by atoms with Gasteiger partial charge in [0.2, 0.25) is 11.8 Å². The van der Waals surface area contributed by atoms with E-state index in [1.807, 2.05) is 6.92 Å². The third-order valence-electron chi connectivity index (χ3n) is 7.98. The zero-order valence-corrected chi connectivity index (χ0v) is 19.8. The standard InChI is InChI=1S/C26H40N4O2/c1-19(27-2)25(31)28-24(21-11-7-4-8-12-21)26(32)30-16-14-22-17-29(18-23(22)30)15-13-20-9-5-3-6-10-20/h3,5-6,9-10,19,21-24,27H,4,7-8,11-18H2,1-2H3,(H,28,31)/t19-,22-,23+,24-/m0/s1. The fourth-order valence-electron chi connectivity index (χ4n) is 5.87. The lowest BCUT2D eigenvalue weighted by Crippen LogP contribution is -2.57. The van der Waals surface area contributed by atoms with E-state index in [4.69, 9.17) is 0 Å². The first kappa shape index (κ1) is 23.2. The number of rotatable bonds is 8. The van der Waals surface area contributed by atoms with Gasteiger partial charge in [0.15, 0.2) is 0 Å². The Morgan fingerprint density at radius 3 is 2.53 bits per heavy atom. The Hall–Kier alpha value is -1.92. The molecule has 6 heteroatoms. The summed E-state index contributed by atoms with van der Waals surface area (Å²) in [6.07, 6.45) is 7.76. The molecule has 0 spiro atoms. The maximum absolute atomic E-state index is 13.8. The third-order valence-corrected chi connectivity index (χ3v) is 7.98. The molecular formula is C26H40N4O2. The lowest BCUT2D eigenvalue weighted by molar-refractivity contribution is -0.139. The van der Waals surface area contributed by atoms with Gasteiger partial charge in [-0.25, -0.2) is 0 Å². The number of fused-ring (bicyclic) bond motifs is 1. The normalized spacial score (nSPS) is 26.0. The van der Waals surface area contributed by atoms with Crippen molar-refractivity contribution in [1.82, 2.24) is 20.4 Å². The van der Waals surface area contributed by atoms with Crippen LogP contribution in [-0.2, 0) is 16.0 Å². The molecule has 3 aliphatic rings. The molecular weight excluding hydrogens is 400 g/mol. The van der Waals surface area contributed by atoms with E-state index in [2.05, 4.69) is 50.8 Å². The summed E-state index contributed by atoms with van der Waals surface area (Å²) in [5.41, 5.74) is 1.37. The number of likely N-dealkylation sites (N-methyl/N-ethyl adjacent to an activating group) is 1. The highest BCUT2D eigenvalue weighted by atomic mass is 16.2. The van der Waals surface area contributed by atoms with Gasteiger partial charge < -0.3 is 20.4 Å². The number of hydrogen-bond donors (Lipinski definition) is 2. The summed E-state index contributed by atoms with van der Waals surface area (Å²) in [5.74, 6) is 0.918. The number of carbonyl (C=O) groups excluding carboxylic acids is 2. The van der Waals surface area contributed by atoms with E-state index in [9.17, 15) is 9.59 Å². The van der Waals surface area contributed by atoms with E-state index in [0.717, 1.165) is 64.7 Å². The molecule has 2 amide bonds. The second-order valence-electron chi connectivity index (χ2n) is 10.0. The van der Waals surface area contributed by atoms with Crippen molar-refractivity contribution in [3.63, 3.8) is 0 Å². The number of likely N-dealkylation sites (tertiary alicyclic amines) is 2. The van der Waals surface area contributed by atoms with E-state index < -0.39 is 0 Å². The third kappa shape index (κ3) is 5.34. The highest BCUT2D eigenvalue weighted by Gasteiger charge is 2.46. The topological polar surface area (TPSA) is 64.7 Å². The van der Waals surface area contributed by atoms with Crippen LogP contribution in [0, 0.1) is 11.8 Å². The van der Waals surface area contributed by atoms with Gasteiger partial charge in [-0.2, -0.15) is 0 Å². The first-order valence-corrected chi connectivity index (χ1v) is 12.6. The van der Waals surface area contributed by atoms with Crippen LogP contribution >= 0.6 is 0 Å². The van der Waals surface area contributed by atoms with Crippen LogP contribution in [0.3, 0.4) is 0 Å². The summed E-state index contributed by atoms with van der Waals surface area (Å²) in [6, 6.07) is 10.3. The van der Waals surface area contributed by atoms with Crippen molar-refractivity contribution in [1.29, 1.82) is 0 Å². The van der Waals surface area contributed by atoms with E-state index in [1.165, 1.54) is 12.0 Å². The molecule has 0 bridgehead atoms. The van der Waals surface area contributed by atoms with E-state index in [-0.39, 0.29) is 29.8 Å². The van der Waals surface area contributed by atoms with Gasteiger partial charge in [-0.1, -0.05) is 49.6 Å². The Kier molecular flexibility index (Phi) is 7.84. The van der Waals surface area contributed by atoms with Crippen LogP contribution in [-0.4, -0.2) is 73.0 Å². The van der Waals surface area contributed by atoms with Crippen LogP contribution in [0.25, 0.3) is 0 Å². The van der Waals surface area contributed by atoms with Crippen LogP contribution < -0.4 is 10.6 Å². The Morgan fingerprint density at radius 1 is 1.06 bits per heavy atom. The fraction of sp³-hybridized carbons (Fsp3) is 0.692. The molecule has 2 heterocycles. The van der Waals surface area contributed by atoms with Gasteiger partial charge in [0.25, 0.3) is 0 Å². The van der Waals surface area contributed by atoms with Crippen LogP contribution in [0.1, 0.15) is 51.0 Å². The van der Waals surface area contributed by atoms with Gasteiger partial charge in [-0.05, 0) is 57.1 Å². The van der Waals surface area contributed by atoms with Gasteiger partial charge in [-0.15, -0.1) is 0 Å². The zero-order valence-electron chi connectivity index (χ0n) is 19.8. The molecule has 0 radical (unpaired) electrons. The summed E-state index contributed by atoms with van der Waals surface area (Å²) in [7, 11) is 1.79. The molecule has 4 atom stereocenters. The highest BCUT2D eigenvalue weighted by Crippen LogP contribution is 2.34. The van der Waals surface area contributed by atoms with Crippen molar-refractivity contribution < 1.29 is 9.59 Å². The zero-order chi connectivity index (χ0) is 22.5. The minimum Gasteiger partial charge on any atom is -0.343 e. The summed E-state index contributed by atoms with van der Waals surface area (Å²) >= 11 is 0. The molecule has 0 unspecified atom stereocenters. The minimum absolute atomic E-state index is 0.0666. The van der Waals surface area contributed by atoms with Crippen LogP contribution in [0.5, 0.6) is 0 Å². The van der Waals surface area contributed by atoms with Crippen molar-refractivity contribution in [2.45, 2.75) is 70.0 Å². The fourth-order valence-corrected chi connectivity index (χ4v) is 5.87. The van der Waals surface area contributed by atoms with Crippen LogP contribution in [0.2, 0.25) is 0 Å². The van der Waals surface area contributed by atoms with Gasteiger partial charge >= 0.3 is 0 Å². The van der Waals surface area contributed by atoms with Gasteiger partial charge in [0.1, 0.15) is 6.04 Å². The first-order chi connectivity index (χ1) is 15.6. The molecule has 1 aliphatic carbocycles. The first-order valence-electron chi connectivity index (χ1n) is 12.6. The molecule has 2 aliphatic heterocycles. The Labute approximate surface area is 193 Å². The summed E-state index contributed by atoms with van der Waals surface area (Å²) < 4.78 is 0. The van der Waals surface area contributed by atoms with Crippen molar-refractivity contribution in [2.75, 3.05) is 33.2 Å². The number of nitrogens with one attached hydrogen (secondary N) is 2. The minimum atomic E-state index is -0.379. The molecule has 1 aromatic carbocycles. The van der Waals surface area contributed by atoms with Gasteiger partial charge in [0.05, 0.1) is 6.04 Å². The lowest BCUT2D eigenvalue weighted by atomic mass is 9.83. The molecule has 1 aromatic rings. The van der Waals surface area contributed by atoms with Crippen LogP contribution in [0.15, 0.2) is 30.3 Å². The van der Waals surface area contributed by atoms with Gasteiger partial charge in [0, 0.05) is 32.2 Å². The summed E-state index contributed by atoms with van der Waals surface area (Å²) in [4.78, 5) is 31.1. The summed E-state index contributed by atoms with van der Waals surface area (Å²) in [6.45, 7) is 5.77. The van der Waals surface area contributed by atoms with Crippen molar-refractivity contribution in [3.8, 4) is 0 Å². The average molecular weight is 441 g/mol. The molecule has 176 valence electrons. The largest absolute Gasteiger partial charge is 0.343 e. The Balaban J connectivity index is 1.40. The van der Waals surface area contributed by atoms with Crippen molar-refractivity contribution in [2.24, 2.45) is 11.8 Å². The molecule has 1 saturated carbocycles. The van der Waals surface area contributed by atoms with E-state index >= 15 is 0 Å². The molecule has 6 nitrogen and oxygen atoms in total. The van der Waals surface area contributed by atoms with Crippen molar-refractivity contribution in [3.05, 3.63) is 35.9 Å². The number of benzene rings is 1. The van der Waals surface area contributed by atoms with Crippen LogP contribution in [0.4, 0.5) is 0 Å². The molecule has 4 rings (SSSR count). The molecule has 2 N–H and O–H groups in total. The number of nitrogens with zero attached hydrogens (tertiary/aromatic N) is 2. The van der Waals surface area contributed by atoms with E-state index in [0.29, 0.717) is 12.0 Å². The maximum Gasteiger partial charge on any atom is 0.245 e. The molecule has 32 heavy (non-hydrogen) atoms. The Bertz CT molecular complexity index is 764. The summed E-state index contributed by atoms with van der Waals surface area (Å²) in [5, 5.41) is 6.15. The number of hydrogen-bond acceptors (Lipinski definition) is 4. The lowest BCUT2D eigenvalue weighted by Gasteiger charge is -2.35. The monoisotopic (exact) mass is 440 g/mol. The SMILES string of the molecule is CN[C@@H](C)C(=O)N[C@H](C(=O)N1CC[C@H]2CN(CCc3ccccc3)C[C@H]21)C1CCCCC1. The predicted molar refractivity (Wildman–Crippen MR) is 127 cm³/mol. The second-order valence-corrected chi connectivity index (χ2v) is 10.0. The number of carbonyl (C=O) groups is 2. The smallest absolute Gasteiger partial charge is 0.245 e. The average Bonchev–Trinajstić information content (AvgIpc) is 3.42. The maximum atomic E-state index is 13.8. The second kappa shape index (κ2) is 10.8. The highest BCUT2D eigenvalue weighted by molar-refractivity contribution is 5.90.